The van der Waals surface area contributed by atoms with E-state index in [1.54, 1.807) is 11.0 Å². The molecule has 0 fully saturated rings. The Morgan fingerprint density at radius 2 is 1.82 bits per heavy atom. The topological polar surface area (TPSA) is 95.7 Å². The van der Waals surface area contributed by atoms with Crippen LogP contribution >= 0.6 is 12.4 Å². The van der Waals surface area contributed by atoms with Crippen LogP contribution in [0.1, 0.15) is 6.42 Å². The maximum atomic E-state index is 12.2. The molecule has 0 radical (unpaired) electrons. The third-order valence-electron chi connectivity index (χ3n) is 2.87. The number of sulfonamides is 1. The van der Waals surface area contributed by atoms with Crippen LogP contribution in [0.3, 0.4) is 0 Å². The molecule has 0 saturated heterocycles. The van der Waals surface area contributed by atoms with Crippen molar-refractivity contribution in [2.24, 2.45) is 5.73 Å². The van der Waals surface area contributed by atoms with Gasteiger partial charge in [-0.15, -0.1) is 12.4 Å². The normalized spacial score (nSPS) is 11.0. The Balaban J connectivity index is 0.00000441. The van der Waals surface area contributed by atoms with Crippen LogP contribution in [0.15, 0.2) is 23.1 Å². The number of hydrogen-bond acceptors (Lipinski definition) is 5. The van der Waals surface area contributed by atoms with Gasteiger partial charge in [0.2, 0.25) is 15.9 Å². The molecule has 1 aromatic carbocycles. The summed E-state index contributed by atoms with van der Waals surface area (Å²) in [5.41, 5.74) is 6.51. The monoisotopic (exact) mass is 350 g/mol. The fraction of sp³-hybridized carbons (Fsp3) is 0.462. The zero-order valence-electron chi connectivity index (χ0n) is 13.2. The number of anilines is 2. The Morgan fingerprint density at radius 3 is 2.27 bits per heavy atom. The number of nitrogens with one attached hydrogen (secondary N) is 1. The van der Waals surface area contributed by atoms with Crippen LogP contribution in [0.2, 0.25) is 0 Å². The van der Waals surface area contributed by atoms with Crippen molar-refractivity contribution in [3.63, 3.8) is 0 Å². The van der Waals surface area contributed by atoms with Gasteiger partial charge in [-0.3, -0.25) is 4.79 Å². The molecular formula is C13H23ClN4O3S. The lowest BCUT2D eigenvalue weighted by Gasteiger charge is -2.20. The van der Waals surface area contributed by atoms with Crippen molar-refractivity contribution in [3.8, 4) is 0 Å². The molecule has 1 aromatic rings. The molecule has 0 aromatic heterocycles. The summed E-state index contributed by atoms with van der Waals surface area (Å²) in [5, 5.41) is 2.70. The minimum atomic E-state index is -3.55. The van der Waals surface area contributed by atoms with Crippen LogP contribution in [0.4, 0.5) is 11.4 Å². The molecule has 0 saturated carbocycles. The number of carbonyl (C=O) groups is 1. The molecule has 0 atom stereocenters. The third-order valence-corrected chi connectivity index (χ3v) is 4.68. The molecule has 9 heteroatoms. The van der Waals surface area contributed by atoms with Crippen LogP contribution in [0, 0.1) is 0 Å². The first kappa shape index (κ1) is 20.6. The summed E-state index contributed by atoms with van der Waals surface area (Å²) in [4.78, 5) is 13.6. The van der Waals surface area contributed by atoms with E-state index in [2.05, 4.69) is 5.32 Å². The molecule has 0 heterocycles. The molecule has 0 spiro atoms. The van der Waals surface area contributed by atoms with Crippen LogP contribution < -0.4 is 16.0 Å². The maximum absolute atomic E-state index is 12.2. The minimum Gasteiger partial charge on any atom is -0.376 e. The van der Waals surface area contributed by atoms with E-state index in [4.69, 9.17) is 5.73 Å². The second kappa shape index (κ2) is 8.33. The first-order valence-electron chi connectivity index (χ1n) is 6.44. The second-order valence-corrected chi connectivity index (χ2v) is 7.10. The Labute approximate surface area is 137 Å². The van der Waals surface area contributed by atoms with Crippen molar-refractivity contribution >= 4 is 39.7 Å². The SMILES string of the molecule is CN(C)c1ccc(S(=O)(=O)N(C)C)cc1NC(=O)CCN.Cl. The number of nitrogens with two attached hydrogens (primary N) is 1. The van der Waals surface area contributed by atoms with E-state index in [-0.39, 0.29) is 36.2 Å². The average Bonchev–Trinajstić information content (AvgIpc) is 2.38. The third kappa shape index (κ3) is 4.84. The van der Waals surface area contributed by atoms with Gasteiger partial charge in [-0.2, -0.15) is 0 Å². The highest BCUT2D eigenvalue weighted by Gasteiger charge is 2.19. The van der Waals surface area contributed by atoms with Crippen molar-refractivity contribution in [1.29, 1.82) is 0 Å². The molecule has 3 N–H and O–H groups in total. The Bertz CT molecular complexity index is 618. The van der Waals surface area contributed by atoms with E-state index in [0.29, 0.717) is 5.69 Å². The maximum Gasteiger partial charge on any atom is 0.242 e. The van der Waals surface area contributed by atoms with E-state index in [9.17, 15) is 13.2 Å². The van der Waals surface area contributed by atoms with E-state index in [1.807, 2.05) is 14.1 Å². The first-order valence-corrected chi connectivity index (χ1v) is 7.88. The molecule has 1 amide bonds. The average molecular weight is 351 g/mol. The molecule has 0 aliphatic carbocycles. The number of nitrogens with zero attached hydrogens (tertiary/aromatic N) is 2. The summed E-state index contributed by atoms with van der Waals surface area (Å²) < 4.78 is 25.4. The van der Waals surface area contributed by atoms with Gasteiger partial charge in [0.05, 0.1) is 16.3 Å². The van der Waals surface area contributed by atoms with Gasteiger partial charge in [0.15, 0.2) is 0 Å². The van der Waals surface area contributed by atoms with Gasteiger partial charge >= 0.3 is 0 Å². The Hall–Kier alpha value is -1.35. The fourth-order valence-corrected chi connectivity index (χ4v) is 2.65. The highest BCUT2D eigenvalue weighted by atomic mass is 35.5. The fourth-order valence-electron chi connectivity index (χ4n) is 1.72. The van der Waals surface area contributed by atoms with Crippen LogP contribution in [-0.2, 0) is 14.8 Å². The molecule has 1 rings (SSSR count). The number of carbonyl (C=O) groups excluding carboxylic acids is 1. The summed E-state index contributed by atoms with van der Waals surface area (Å²) in [6, 6.07) is 4.64. The molecule has 0 bridgehead atoms. The summed E-state index contributed by atoms with van der Waals surface area (Å²) in [6.07, 6.45) is 0.178. The Kier molecular flexibility index (Phi) is 7.82. The second-order valence-electron chi connectivity index (χ2n) is 4.95. The predicted octanol–water partition coefficient (Wildman–Crippen LogP) is 0.712. The van der Waals surface area contributed by atoms with Gasteiger partial charge in [0, 0.05) is 41.2 Å². The summed E-state index contributed by atoms with van der Waals surface area (Å²) >= 11 is 0. The van der Waals surface area contributed by atoms with Crippen molar-refractivity contribution in [2.75, 3.05) is 45.0 Å². The summed E-state index contributed by atoms with van der Waals surface area (Å²) in [7, 11) is 3.00. The Morgan fingerprint density at radius 1 is 1.23 bits per heavy atom. The lowest BCUT2D eigenvalue weighted by Crippen LogP contribution is -2.23. The molecule has 0 unspecified atom stereocenters. The zero-order chi connectivity index (χ0) is 16.2. The quantitative estimate of drug-likeness (QED) is 0.787. The van der Waals surface area contributed by atoms with Crippen molar-refractivity contribution in [3.05, 3.63) is 18.2 Å². The van der Waals surface area contributed by atoms with E-state index in [1.165, 1.54) is 26.2 Å². The van der Waals surface area contributed by atoms with Gasteiger partial charge in [0.25, 0.3) is 0 Å². The van der Waals surface area contributed by atoms with E-state index >= 15 is 0 Å². The number of rotatable bonds is 6. The summed E-state index contributed by atoms with van der Waals surface area (Å²) in [6.45, 7) is 0.235. The lowest BCUT2D eigenvalue weighted by molar-refractivity contribution is -0.116. The van der Waals surface area contributed by atoms with Gasteiger partial charge in [-0.25, -0.2) is 12.7 Å². The van der Waals surface area contributed by atoms with Gasteiger partial charge < -0.3 is 16.0 Å². The number of benzene rings is 1. The predicted molar refractivity (Wildman–Crippen MR) is 91.2 cm³/mol. The smallest absolute Gasteiger partial charge is 0.242 e. The largest absolute Gasteiger partial charge is 0.376 e. The van der Waals surface area contributed by atoms with Gasteiger partial charge in [-0.05, 0) is 18.2 Å². The van der Waals surface area contributed by atoms with E-state index < -0.39 is 10.0 Å². The molecule has 0 aliphatic heterocycles. The van der Waals surface area contributed by atoms with Crippen LogP contribution in [0.25, 0.3) is 0 Å². The van der Waals surface area contributed by atoms with Crippen molar-refractivity contribution in [2.45, 2.75) is 11.3 Å². The molecule has 0 aliphatic rings. The zero-order valence-corrected chi connectivity index (χ0v) is 14.8. The lowest BCUT2D eigenvalue weighted by atomic mass is 10.2. The molecule has 126 valence electrons. The molecule has 22 heavy (non-hydrogen) atoms. The van der Waals surface area contributed by atoms with Gasteiger partial charge in [-0.1, -0.05) is 0 Å². The molecule has 7 nitrogen and oxygen atoms in total. The van der Waals surface area contributed by atoms with Crippen LogP contribution in [0.5, 0.6) is 0 Å². The van der Waals surface area contributed by atoms with E-state index in [0.717, 1.165) is 9.99 Å². The van der Waals surface area contributed by atoms with Crippen molar-refractivity contribution < 1.29 is 13.2 Å². The number of amides is 1. The molecular weight excluding hydrogens is 328 g/mol. The highest BCUT2D eigenvalue weighted by molar-refractivity contribution is 7.89. The highest BCUT2D eigenvalue weighted by Crippen LogP contribution is 2.28. The van der Waals surface area contributed by atoms with Crippen LogP contribution in [-0.4, -0.2) is 53.4 Å². The van der Waals surface area contributed by atoms with Crippen molar-refractivity contribution in [1.82, 2.24) is 4.31 Å². The first-order chi connectivity index (χ1) is 9.70. The number of hydrogen-bond donors (Lipinski definition) is 2. The minimum absolute atomic E-state index is 0. The summed E-state index contributed by atoms with van der Waals surface area (Å²) in [5.74, 6) is -0.250. The standard InChI is InChI=1S/C13H22N4O3S.ClH/c1-16(2)12-6-5-10(21(19,20)17(3)4)9-11(12)15-13(18)7-8-14;/h5-6,9H,7-8,14H2,1-4H3,(H,15,18);1H. The van der Waals surface area contributed by atoms with Gasteiger partial charge in [0.1, 0.15) is 0 Å². The number of halogens is 1.